The highest BCUT2D eigenvalue weighted by molar-refractivity contribution is 7.03. The van der Waals surface area contributed by atoms with Gasteiger partial charge in [0.15, 0.2) is 5.69 Å². The monoisotopic (exact) mass is 408 g/mol. The Kier molecular flexibility index (Phi) is 6.08. The number of carbonyl (C=O) groups is 2. The van der Waals surface area contributed by atoms with E-state index in [0.717, 1.165) is 17.1 Å². The first-order chi connectivity index (χ1) is 13.8. The number of aromatic nitrogens is 2. The van der Waals surface area contributed by atoms with Crippen LogP contribution in [0.1, 0.15) is 48.4 Å². The van der Waals surface area contributed by atoms with E-state index in [1.165, 1.54) is 4.90 Å². The van der Waals surface area contributed by atoms with Gasteiger partial charge in [-0.25, -0.2) is 0 Å². The summed E-state index contributed by atoms with van der Waals surface area (Å²) in [6.45, 7) is 7.66. The molecule has 1 heterocycles. The van der Waals surface area contributed by atoms with Crippen molar-refractivity contribution in [1.82, 2.24) is 14.9 Å². The molecule has 1 unspecified atom stereocenters. The highest BCUT2D eigenvalue weighted by atomic mass is 32.1. The van der Waals surface area contributed by atoms with Crippen molar-refractivity contribution in [2.75, 3.05) is 4.90 Å². The molecule has 150 valence electrons. The second-order valence-electron chi connectivity index (χ2n) is 7.80. The molecule has 0 fully saturated rings. The molecule has 2 amide bonds. The first-order valence-electron chi connectivity index (χ1n) is 9.31. The van der Waals surface area contributed by atoms with Gasteiger partial charge in [-0.15, -0.1) is 5.10 Å². The van der Waals surface area contributed by atoms with E-state index in [9.17, 15) is 9.59 Å². The van der Waals surface area contributed by atoms with Crippen LogP contribution in [0.15, 0.2) is 60.0 Å². The lowest BCUT2D eigenvalue weighted by Gasteiger charge is -2.34. The van der Waals surface area contributed by atoms with Gasteiger partial charge in [0.1, 0.15) is 6.04 Å². The Labute approximate surface area is 174 Å². The average molecular weight is 409 g/mol. The molecular formula is C22H24N4O2S. The van der Waals surface area contributed by atoms with Crippen LogP contribution in [0.3, 0.4) is 0 Å². The topological polar surface area (TPSA) is 75.2 Å². The number of carbonyl (C=O) groups excluding carboxylic acids is 2. The SMILES string of the molecule is Cc1ccccc1N(C(=O)c1csnn1)C(C(=O)NC(C)(C)C)c1ccccc1. The highest BCUT2D eigenvalue weighted by Gasteiger charge is 2.36. The maximum Gasteiger partial charge on any atom is 0.280 e. The summed E-state index contributed by atoms with van der Waals surface area (Å²) in [7, 11) is 0. The Morgan fingerprint density at radius 2 is 1.69 bits per heavy atom. The molecule has 6 nitrogen and oxygen atoms in total. The number of para-hydroxylation sites is 1. The number of rotatable bonds is 5. The Morgan fingerprint density at radius 1 is 1.03 bits per heavy atom. The van der Waals surface area contributed by atoms with Crippen LogP contribution in [0.5, 0.6) is 0 Å². The van der Waals surface area contributed by atoms with Crippen molar-refractivity contribution < 1.29 is 9.59 Å². The van der Waals surface area contributed by atoms with E-state index in [1.54, 1.807) is 5.38 Å². The predicted octanol–water partition coefficient (Wildman–Crippen LogP) is 4.15. The van der Waals surface area contributed by atoms with Crippen LogP contribution in [0.2, 0.25) is 0 Å². The third-order valence-corrected chi connectivity index (χ3v) is 4.80. The zero-order valence-corrected chi connectivity index (χ0v) is 17.7. The third-order valence-electron chi connectivity index (χ3n) is 4.29. The van der Waals surface area contributed by atoms with Crippen molar-refractivity contribution in [1.29, 1.82) is 0 Å². The van der Waals surface area contributed by atoms with Crippen LogP contribution in [-0.4, -0.2) is 26.9 Å². The van der Waals surface area contributed by atoms with Crippen molar-refractivity contribution in [3.63, 3.8) is 0 Å². The van der Waals surface area contributed by atoms with E-state index in [1.807, 2.05) is 82.3 Å². The molecule has 1 aromatic heterocycles. The molecule has 0 radical (unpaired) electrons. The van der Waals surface area contributed by atoms with Crippen molar-refractivity contribution in [3.05, 3.63) is 76.8 Å². The predicted molar refractivity (Wildman–Crippen MR) is 115 cm³/mol. The maximum absolute atomic E-state index is 13.5. The standard InChI is InChI=1S/C22H24N4O2S/c1-15-10-8-9-13-18(15)26(21(28)17-14-29-25-24-17)19(16-11-6-5-7-12-16)20(27)23-22(2,3)4/h5-14,19H,1-4H3,(H,23,27). The maximum atomic E-state index is 13.5. The van der Waals surface area contributed by atoms with Gasteiger partial charge >= 0.3 is 0 Å². The molecule has 2 aromatic carbocycles. The van der Waals surface area contributed by atoms with E-state index in [-0.39, 0.29) is 17.5 Å². The molecule has 1 atom stereocenters. The summed E-state index contributed by atoms with van der Waals surface area (Å²) in [6, 6.07) is 16.0. The number of amides is 2. The van der Waals surface area contributed by atoms with Crippen molar-refractivity contribution in [2.24, 2.45) is 0 Å². The molecule has 0 saturated heterocycles. The van der Waals surface area contributed by atoms with E-state index >= 15 is 0 Å². The van der Waals surface area contributed by atoms with E-state index in [0.29, 0.717) is 11.3 Å². The minimum absolute atomic E-state index is 0.211. The Hall–Kier alpha value is -3.06. The zero-order chi connectivity index (χ0) is 21.0. The van der Waals surface area contributed by atoms with Gasteiger partial charge in [0, 0.05) is 16.6 Å². The lowest BCUT2D eigenvalue weighted by atomic mass is 9.99. The fraction of sp³-hybridized carbons (Fsp3) is 0.273. The lowest BCUT2D eigenvalue weighted by molar-refractivity contribution is -0.123. The van der Waals surface area contributed by atoms with Gasteiger partial charge in [-0.3, -0.25) is 14.5 Å². The molecule has 0 saturated carbocycles. The smallest absolute Gasteiger partial charge is 0.280 e. The summed E-state index contributed by atoms with van der Waals surface area (Å²) in [6.07, 6.45) is 0. The molecule has 0 aliphatic carbocycles. The van der Waals surface area contributed by atoms with Crippen molar-refractivity contribution >= 4 is 29.0 Å². The van der Waals surface area contributed by atoms with Crippen LogP contribution in [0.25, 0.3) is 0 Å². The molecule has 0 bridgehead atoms. The molecule has 7 heteroatoms. The van der Waals surface area contributed by atoms with E-state index < -0.39 is 11.6 Å². The molecule has 0 spiro atoms. The minimum Gasteiger partial charge on any atom is -0.349 e. The van der Waals surface area contributed by atoms with Crippen molar-refractivity contribution in [3.8, 4) is 0 Å². The van der Waals surface area contributed by atoms with Crippen LogP contribution in [0.4, 0.5) is 5.69 Å². The highest BCUT2D eigenvalue weighted by Crippen LogP contribution is 2.32. The summed E-state index contributed by atoms with van der Waals surface area (Å²) in [5, 5.41) is 8.56. The average Bonchev–Trinajstić information content (AvgIpc) is 3.20. The minimum atomic E-state index is -0.856. The van der Waals surface area contributed by atoms with Gasteiger partial charge in [-0.2, -0.15) is 0 Å². The van der Waals surface area contributed by atoms with Crippen molar-refractivity contribution in [2.45, 2.75) is 39.3 Å². The summed E-state index contributed by atoms with van der Waals surface area (Å²) >= 11 is 1.10. The third kappa shape index (κ3) is 4.86. The molecule has 3 rings (SSSR count). The number of benzene rings is 2. The van der Waals surface area contributed by atoms with E-state index in [4.69, 9.17) is 0 Å². The van der Waals surface area contributed by atoms with Crippen LogP contribution < -0.4 is 10.2 Å². The van der Waals surface area contributed by atoms with Gasteiger partial charge in [0.05, 0.1) is 0 Å². The number of aryl methyl sites for hydroxylation is 1. The Bertz CT molecular complexity index is 982. The Morgan fingerprint density at radius 3 is 2.28 bits per heavy atom. The number of hydrogen-bond donors (Lipinski definition) is 1. The summed E-state index contributed by atoms with van der Waals surface area (Å²) in [5.74, 6) is -0.630. The molecule has 1 N–H and O–H groups in total. The van der Waals surface area contributed by atoms with Gasteiger partial charge in [-0.1, -0.05) is 53.0 Å². The van der Waals surface area contributed by atoms with Crippen LogP contribution in [-0.2, 0) is 4.79 Å². The van der Waals surface area contributed by atoms with Crippen LogP contribution in [0, 0.1) is 6.92 Å². The largest absolute Gasteiger partial charge is 0.349 e. The second-order valence-corrected chi connectivity index (χ2v) is 8.41. The normalized spacial score (nSPS) is 12.3. The van der Waals surface area contributed by atoms with Gasteiger partial charge in [0.25, 0.3) is 5.91 Å². The summed E-state index contributed by atoms with van der Waals surface area (Å²) in [5.41, 5.74) is 2.01. The lowest BCUT2D eigenvalue weighted by Crippen LogP contribution is -2.49. The number of hydrogen-bond acceptors (Lipinski definition) is 5. The van der Waals surface area contributed by atoms with Gasteiger partial charge in [0.2, 0.25) is 5.91 Å². The molecule has 29 heavy (non-hydrogen) atoms. The first-order valence-corrected chi connectivity index (χ1v) is 10.1. The van der Waals surface area contributed by atoms with Gasteiger partial charge in [-0.05, 0) is 56.4 Å². The first kappa shape index (κ1) is 20.7. The molecule has 0 aliphatic heterocycles. The quantitative estimate of drug-likeness (QED) is 0.688. The molecule has 3 aromatic rings. The number of anilines is 1. The molecule has 0 aliphatic rings. The summed E-state index contributed by atoms with van der Waals surface area (Å²) < 4.78 is 3.82. The number of nitrogens with zero attached hydrogens (tertiary/aromatic N) is 3. The van der Waals surface area contributed by atoms with E-state index in [2.05, 4.69) is 14.9 Å². The zero-order valence-electron chi connectivity index (χ0n) is 16.9. The summed E-state index contributed by atoms with van der Waals surface area (Å²) in [4.78, 5) is 28.4. The van der Waals surface area contributed by atoms with Gasteiger partial charge < -0.3 is 5.32 Å². The number of nitrogens with one attached hydrogen (secondary N) is 1. The fourth-order valence-corrected chi connectivity index (χ4v) is 3.50. The van der Waals surface area contributed by atoms with Crippen LogP contribution >= 0.6 is 11.5 Å². The fourth-order valence-electron chi connectivity index (χ4n) is 3.07. The Balaban J connectivity index is 2.18. The second kappa shape index (κ2) is 8.53. The molecular weight excluding hydrogens is 384 g/mol.